The van der Waals surface area contributed by atoms with Crippen LogP contribution in [0, 0.1) is 12.7 Å². The molecule has 4 rings (SSSR count). The van der Waals surface area contributed by atoms with Crippen LogP contribution < -0.4 is 15.3 Å². The SMILES string of the molecule is Cc1ccc(C(=O)[O-])cc1-c1ccc(/C=C2/C(=O)NC(=S)N(c3ccccc3F)C2=O)o1. The quantitative estimate of drug-likeness (QED) is 0.373. The number of halogens is 1. The number of rotatable bonds is 4. The summed E-state index contributed by atoms with van der Waals surface area (Å²) < 4.78 is 20.0. The van der Waals surface area contributed by atoms with Crippen molar-refractivity contribution in [1.29, 1.82) is 0 Å². The van der Waals surface area contributed by atoms with E-state index in [0.29, 0.717) is 11.3 Å². The molecule has 2 heterocycles. The van der Waals surface area contributed by atoms with Gasteiger partial charge < -0.3 is 14.3 Å². The Bertz CT molecular complexity index is 1330. The fraction of sp³-hybridized carbons (Fsp3) is 0.0435. The lowest BCUT2D eigenvalue weighted by Gasteiger charge is -2.28. The molecule has 0 spiro atoms. The van der Waals surface area contributed by atoms with Crippen molar-refractivity contribution in [3.05, 3.63) is 82.9 Å². The Labute approximate surface area is 186 Å². The summed E-state index contributed by atoms with van der Waals surface area (Å²) in [5.41, 5.74) is 0.861. The van der Waals surface area contributed by atoms with E-state index in [2.05, 4.69) is 5.32 Å². The number of hydrogen-bond donors (Lipinski definition) is 1. The van der Waals surface area contributed by atoms with Crippen LogP contribution in [0.4, 0.5) is 10.1 Å². The van der Waals surface area contributed by atoms with Crippen LogP contribution in [0.3, 0.4) is 0 Å². The van der Waals surface area contributed by atoms with Gasteiger partial charge >= 0.3 is 0 Å². The number of carbonyl (C=O) groups excluding carboxylic acids is 3. The fourth-order valence-corrected chi connectivity index (χ4v) is 3.52. The molecule has 0 radical (unpaired) electrons. The maximum Gasteiger partial charge on any atom is 0.270 e. The third-order valence-electron chi connectivity index (χ3n) is 4.85. The van der Waals surface area contributed by atoms with Gasteiger partial charge in [-0.2, -0.15) is 0 Å². The lowest BCUT2D eigenvalue weighted by atomic mass is 10.0. The van der Waals surface area contributed by atoms with Crippen LogP contribution in [0.1, 0.15) is 21.7 Å². The normalized spacial score (nSPS) is 15.2. The minimum Gasteiger partial charge on any atom is -0.545 e. The maximum atomic E-state index is 14.2. The Balaban J connectivity index is 1.71. The van der Waals surface area contributed by atoms with Gasteiger partial charge in [-0.05, 0) is 66.7 Å². The second-order valence-corrected chi connectivity index (χ2v) is 7.32. The van der Waals surface area contributed by atoms with Gasteiger partial charge in [0.1, 0.15) is 22.9 Å². The van der Waals surface area contributed by atoms with Gasteiger partial charge in [0.05, 0.1) is 11.7 Å². The Hall–Kier alpha value is -4.11. The first-order chi connectivity index (χ1) is 15.3. The first-order valence-electron chi connectivity index (χ1n) is 9.34. The van der Waals surface area contributed by atoms with E-state index >= 15 is 0 Å². The number of amides is 2. The van der Waals surface area contributed by atoms with Crippen molar-refractivity contribution in [3.63, 3.8) is 0 Å². The highest BCUT2D eigenvalue weighted by atomic mass is 32.1. The van der Waals surface area contributed by atoms with Crippen LogP contribution in [0.25, 0.3) is 17.4 Å². The molecule has 0 aliphatic carbocycles. The smallest absolute Gasteiger partial charge is 0.270 e. The van der Waals surface area contributed by atoms with E-state index in [1.165, 1.54) is 48.5 Å². The fourth-order valence-electron chi connectivity index (χ4n) is 3.24. The molecule has 2 amide bonds. The molecule has 0 atom stereocenters. The Morgan fingerprint density at radius 2 is 1.91 bits per heavy atom. The van der Waals surface area contributed by atoms with Gasteiger partial charge in [-0.15, -0.1) is 0 Å². The summed E-state index contributed by atoms with van der Waals surface area (Å²) in [6, 6.07) is 13.1. The van der Waals surface area contributed by atoms with Gasteiger partial charge in [0.15, 0.2) is 5.11 Å². The molecule has 32 heavy (non-hydrogen) atoms. The van der Waals surface area contributed by atoms with E-state index in [4.69, 9.17) is 16.6 Å². The van der Waals surface area contributed by atoms with E-state index in [-0.39, 0.29) is 27.7 Å². The summed E-state index contributed by atoms with van der Waals surface area (Å²) >= 11 is 5.06. The molecule has 0 unspecified atom stereocenters. The summed E-state index contributed by atoms with van der Waals surface area (Å²) in [6.07, 6.45) is 1.22. The lowest BCUT2D eigenvalue weighted by Crippen LogP contribution is -2.54. The Kier molecular flexibility index (Phi) is 5.41. The van der Waals surface area contributed by atoms with E-state index < -0.39 is 23.6 Å². The van der Waals surface area contributed by atoms with Gasteiger partial charge in [0.2, 0.25) is 0 Å². The number of nitrogens with one attached hydrogen (secondary N) is 1. The van der Waals surface area contributed by atoms with Gasteiger partial charge in [-0.25, -0.2) is 9.29 Å². The average molecular weight is 449 g/mol. The lowest BCUT2D eigenvalue weighted by molar-refractivity contribution is -0.255. The number of benzene rings is 2. The van der Waals surface area contributed by atoms with Crippen LogP contribution in [0.15, 0.2) is 64.6 Å². The molecule has 0 bridgehead atoms. The topological polar surface area (TPSA) is 103 Å². The molecular formula is C23H14FN2O5S-. The molecule has 0 saturated carbocycles. The number of aryl methyl sites for hydroxylation is 1. The zero-order chi connectivity index (χ0) is 23.0. The Morgan fingerprint density at radius 1 is 1.16 bits per heavy atom. The zero-order valence-corrected chi connectivity index (χ0v) is 17.4. The molecular weight excluding hydrogens is 435 g/mol. The number of carbonyl (C=O) groups is 3. The molecule has 9 heteroatoms. The zero-order valence-electron chi connectivity index (χ0n) is 16.5. The monoisotopic (exact) mass is 449 g/mol. The largest absolute Gasteiger partial charge is 0.545 e. The first-order valence-corrected chi connectivity index (χ1v) is 9.75. The molecule has 1 aromatic heterocycles. The van der Waals surface area contributed by atoms with E-state index in [0.717, 1.165) is 10.5 Å². The molecule has 1 fully saturated rings. The van der Waals surface area contributed by atoms with E-state index in [1.807, 2.05) is 0 Å². The second-order valence-electron chi connectivity index (χ2n) is 6.93. The van der Waals surface area contributed by atoms with E-state index in [9.17, 15) is 23.9 Å². The predicted molar refractivity (Wildman–Crippen MR) is 116 cm³/mol. The van der Waals surface area contributed by atoms with Gasteiger partial charge in [-0.1, -0.05) is 24.3 Å². The van der Waals surface area contributed by atoms with Crippen molar-refractivity contribution in [3.8, 4) is 11.3 Å². The predicted octanol–water partition coefficient (Wildman–Crippen LogP) is 2.59. The third kappa shape index (κ3) is 3.81. The summed E-state index contributed by atoms with van der Waals surface area (Å²) in [5.74, 6) is -3.06. The van der Waals surface area contributed by atoms with Gasteiger partial charge in [-0.3, -0.25) is 14.9 Å². The average Bonchev–Trinajstić information content (AvgIpc) is 3.21. The highest BCUT2D eigenvalue weighted by Crippen LogP contribution is 2.29. The minimum absolute atomic E-state index is 0.0159. The van der Waals surface area contributed by atoms with Crippen LogP contribution in [0.5, 0.6) is 0 Å². The maximum absolute atomic E-state index is 14.2. The summed E-state index contributed by atoms with van der Waals surface area (Å²) in [7, 11) is 0. The van der Waals surface area contributed by atoms with Gasteiger partial charge in [0, 0.05) is 5.56 Å². The second kappa shape index (κ2) is 8.20. The van der Waals surface area contributed by atoms with E-state index in [1.54, 1.807) is 19.1 Å². The Morgan fingerprint density at radius 3 is 2.62 bits per heavy atom. The molecule has 7 nitrogen and oxygen atoms in total. The number of carboxylic acid groups (broad SMARTS) is 1. The number of anilines is 1. The standard InChI is InChI=1S/C23H15FN2O5S/c1-12-6-7-13(22(29)30)10-15(12)19-9-8-14(31-19)11-16-20(27)25-23(32)26(21(16)28)18-5-3-2-4-17(18)24/h2-11H,1H3,(H,29,30)(H,25,27,32)/p-1/b16-11-. The van der Waals surface area contributed by atoms with Crippen molar-refractivity contribution in [1.82, 2.24) is 5.32 Å². The highest BCUT2D eigenvalue weighted by Gasteiger charge is 2.35. The number of furan rings is 1. The highest BCUT2D eigenvalue weighted by molar-refractivity contribution is 7.80. The molecule has 160 valence electrons. The first kappa shape index (κ1) is 21.1. The van der Waals surface area contributed by atoms with Crippen molar-refractivity contribution in [2.75, 3.05) is 4.90 Å². The van der Waals surface area contributed by atoms with Crippen LogP contribution in [-0.2, 0) is 9.59 Å². The molecule has 1 aliphatic rings. The minimum atomic E-state index is -1.33. The summed E-state index contributed by atoms with van der Waals surface area (Å²) in [4.78, 5) is 37.4. The molecule has 3 aromatic rings. The molecule has 1 N–H and O–H groups in total. The van der Waals surface area contributed by atoms with Crippen molar-refractivity contribution in [2.24, 2.45) is 0 Å². The van der Waals surface area contributed by atoms with Crippen LogP contribution in [0.2, 0.25) is 0 Å². The van der Waals surface area contributed by atoms with Crippen LogP contribution >= 0.6 is 12.2 Å². The molecule has 1 saturated heterocycles. The molecule has 2 aromatic carbocycles. The van der Waals surface area contributed by atoms with Gasteiger partial charge in [0.25, 0.3) is 11.8 Å². The number of carboxylic acids is 1. The number of para-hydroxylation sites is 1. The number of nitrogens with zero attached hydrogens (tertiary/aromatic N) is 1. The summed E-state index contributed by atoms with van der Waals surface area (Å²) in [5, 5.41) is 13.3. The van der Waals surface area contributed by atoms with Crippen LogP contribution in [-0.4, -0.2) is 22.9 Å². The summed E-state index contributed by atoms with van der Waals surface area (Å²) in [6.45, 7) is 1.78. The number of thiocarbonyl (C=S) groups is 1. The third-order valence-corrected chi connectivity index (χ3v) is 5.13. The van der Waals surface area contributed by atoms with Crippen molar-refractivity contribution < 1.29 is 28.3 Å². The van der Waals surface area contributed by atoms with Crippen molar-refractivity contribution in [2.45, 2.75) is 6.92 Å². The number of hydrogen-bond acceptors (Lipinski definition) is 6. The van der Waals surface area contributed by atoms with Crippen molar-refractivity contribution >= 4 is 46.9 Å². The number of aromatic carboxylic acids is 1. The molecule has 1 aliphatic heterocycles.